The molecule has 0 spiro atoms. The molecule has 0 saturated heterocycles. The molecule has 2 N–H and O–H groups in total. The predicted octanol–water partition coefficient (Wildman–Crippen LogP) is 6.08. The van der Waals surface area contributed by atoms with E-state index in [1.165, 1.54) is 6.92 Å². The van der Waals surface area contributed by atoms with Crippen LogP contribution in [0.3, 0.4) is 0 Å². The lowest BCUT2D eigenvalue weighted by molar-refractivity contribution is -0.143. The van der Waals surface area contributed by atoms with E-state index in [0.717, 1.165) is 18.0 Å². The van der Waals surface area contributed by atoms with Gasteiger partial charge in [-0.05, 0) is 60.0 Å². The van der Waals surface area contributed by atoms with Gasteiger partial charge in [-0.15, -0.1) is 0 Å². The number of nitrogens with zero attached hydrogens (tertiary/aromatic N) is 1. The molecule has 248 valence electrons. The third-order valence-electron chi connectivity index (χ3n) is 8.23. The highest BCUT2D eigenvalue weighted by atomic mass is 19.4. The Balaban J connectivity index is 1.45. The third kappa shape index (κ3) is 6.79. The number of nitrogens with one attached hydrogen (secondary N) is 2. The first kappa shape index (κ1) is 33.4. The molecule has 3 aromatic carbocycles. The zero-order valence-corrected chi connectivity index (χ0v) is 25.8. The Morgan fingerprint density at radius 3 is 2.40 bits per heavy atom. The van der Waals surface area contributed by atoms with E-state index in [-0.39, 0.29) is 12.0 Å². The first-order valence-electron chi connectivity index (χ1n) is 14.9. The fraction of sp³-hybridized carbons (Fsp3) is 0.324. The molecule has 1 aliphatic rings. The van der Waals surface area contributed by atoms with Gasteiger partial charge in [0.1, 0.15) is 35.0 Å². The van der Waals surface area contributed by atoms with Crippen molar-refractivity contribution < 1.29 is 41.0 Å². The molecule has 1 aromatic heterocycles. The summed E-state index contributed by atoms with van der Waals surface area (Å²) in [5, 5.41) is 5.19. The van der Waals surface area contributed by atoms with Crippen LogP contribution in [0.1, 0.15) is 41.3 Å². The van der Waals surface area contributed by atoms with Gasteiger partial charge in [-0.1, -0.05) is 37.3 Å². The van der Waals surface area contributed by atoms with Crippen molar-refractivity contribution in [3.8, 4) is 16.9 Å². The summed E-state index contributed by atoms with van der Waals surface area (Å²) in [7, 11) is 2.77. The lowest BCUT2D eigenvalue weighted by atomic mass is 9.90. The first-order chi connectivity index (χ1) is 22.3. The molecule has 13 heteroatoms. The van der Waals surface area contributed by atoms with E-state index < -0.39 is 59.4 Å². The van der Waals surface area contributed by atoms with Gasteiger partial charge in [0.25, 0.3) is 11.5 Å². The summed E-state index contributed by atoms with van der Waals surface area (Å²) in [6.45, 7) is 1.65. The number of alkyl halides is 3. The number of benzene rings is 3. The number of methoxy groups -OCH3 is 1. The summed E-state index contributed by atoms with van der Waals surface area (Å²) in [5.41, 5.74) is 1.21. The second kappa shape index (κ2) is 13.4. The van der Waals surface area contributed by atoms with Gasteiger partial charge in [-0.2, -0.15) is 13.2 Å². The van der Waals surface area contributed by atoms with Crippen LogP contribution in [-0.4, -0.2) is 48.4 Å². The van der Waals surface area contributed by atoms with E-state index in [0.29, 0.717) is 59.6 Å². The highest BCUT2D eigenvalue weighted by Gasteiger charge is 2.38. The van der Waals surface area contributed by atoms with Crippen LogP contribution >= 0.6 is 0 Å². The zero-order valence-electron chi connectivity index (χ0n) is 25.8. The number of hydrogen-bond acceptors (Lipinski definition) is 6. The molecule has 0 radical (unpaired) electrons. The minimum absolute atomic E-state index is 0.146. The maximum Gasteiger partial charge on any atom is 0.408 e. The summed E-state index contributed by atoms with van der Waals surface area (Å²) in [6.07, 6.45) is -4.04. The van der Waals surface area contributed by atoms with Gasteiger partial charge in [0.2, 0.25) is 0 Å². The summed E-state index contributed by atoms with van der Waals surface area (Å²) in [5.74, 6) is -4.58. The summed E-state index contributed by atoms with van der Waals surface area (Å²) in [4.78, 5) is 39.3. The second-order valence-electron chi connectivity index (χ2n) is 11.2. The highest BCUT2D eigenvalue weighted by molar-refractivity contribution is 5.97. The molecule has 0 saturated carbocycles. The number of carbonyl (C=O) groups is 2. The second-order valence-corrected chi connectivity index (χ2v) is 11.2. The molecular formula is C34H32F5N3O5. The minimum Gasteiger partial charge on any atom is -0.493 e. The largest absolute Gasteiger partial charge is 0.493 e. The molecule has 8 nitrogen and oxygen atoms in total. The predicted molar refractivity (Wildman–Crippen MR) is 166 cm³/mol. The fourth-order valence-electron chi connectivity index (χ4n) is 5.83. The summed E-state index contributed by atoms with van der Waals surface area (Å²) >= 11 is 0. The Morgan fingerprint density at radius 2 is 1.74 bits per heavy atom. The number of anilines is 1. The van der Waals surface area contributed by atoms with Crippen LogP contribution in [0.5, 0.6) is 5.75 Å². The number of aryl methyl sites for hydroxylation is 1. The number of esters is 1. The van der Waals surface area contributed by atoms with E-state index in [9.17, 15) is 36.3 Å². The van der Waals surface area contributed by atoms with Crippen molar-refractivity contribution in [3.63, 3.8) is 0 Å². The van der Waals surface area contributed by atoms with E-state index >= 15 is 0 Å². The number of hydrogen-bond donors (Lipinski definition) is 2. The number of fused-ring (bicyclic) bond motifs is 2. The molecule has 1 aliphatic heterocycles. The number of ether oxygens (including phenoxy) is 2. The maximum absolute atomic E-state index is 15.0. The molecule has 0 unspecified atom stereocenters. The van der Waals surface area contributed by atoms with Crippen LogP contribution in [0.2, 0.25) is 0 Å². The smallest absolute Gasteiger partial charge is 0.408 e. The molecule has 4 aromatic rings. The van der Waals surface area contributed by atoms with Crippen molar-refractivity contribution in [2.24, 2.45) is 7.05 Å². The van der Waals surface area contributed by atoms with Gasteiger partial charge in [0.15, 0.2) is 0 Å². The molecular weight excluding hydrogens is 625 g/mol. The lowest BCUT2D eigenvalue weighted by Crippen LogP contribution is -2.44. The molecule has 2 atom stereocenters. The summed E-state index contributed by atoms with van der Waals surface area (Å²) < 4.78 is 81.9. The maximum atomic E-state index is 15.0. The number of aromatic nitrogens is 1. The number of halogens is 5. The summed E-state index contributed by atoms with van der Waals surface area (Å²) in [6, 6.07) is 10.3. The van der Waals surface area contributed by atoms with Gasteiger partial charge >= 0.3 is 12.1 Å². The van der Waals surface area contributed by atoms with Crippen LogP contribution in [-0.2, 0) is 29.4 Å². The Morgan fingerprint density at radius 1 is 1.04 bits per heavy atom. The lowest BCUT2D eigenvalue weighted by Gasteiger charge is -2.25. The van der Waals surface area contributed by atoms with Crippen LogP contribution in [0, 0.1) is 11.6 Å². The van der Waals surface area contributed by atoms with E-state index in [1.807, 2.05) is 29.6 Å². The minimum atomic E-state index is -4.67. The van der Waals surface area contributed by atoms with Crippen molar-refractivity contribution in [3.05, 3.63) is 93.3 Å². The van der Waals surface area contributed by atoms with E-state index in [4.69, 9.17) is 9.47 Å². The van der Waals surface area contributed by atoms with Gasteiger partial charge < -0.3 is 24.7 Å². The molecule has 5 rings (SSSR count). The Kier molecular flexibility index (Phi) is 9.55. The number of pyridine rings is 1. The van der Waals surface area contributed by atoms with Crippen LogP contribution < -0.4 is 20.9 Å². The number of amides is 1. The topological polar surface area (TPSA) is 98.7 Å². The average molecular weight is 658 g/mol. The van der Waals surface area contributed by atoms with E-state index in [2.05, 4.69) is 5.32 Å². The quantitative estimate of drug-likeness (QED) is 0.167. The first-order valence-corrected chi connectivity index (χ1v) is 14.9. The van der Waals surface area contributed by atoms with Crippen molar-refractivity contribution in [1.82, 2.24) is 9.88 Å². The number of rotatable bonds is 9. The molecule has 0 aliphatic carbocycles. The van der Waals surface area contributed by atoms with Gasteiger partial charge in [0, 0.05) is 24.7 Å². The van der Waals surface area contributed by atoms with Crippen LogP contribution in [0.4, 0.5) is 27.6 Å². The Labute approximate surface area is 266 Å². The normalized spacial score (nSPS) is 14.1. The SMILES string of the molecule is CC[C@@H](Nc1cc(F)c(C(=O)N[C@@H](Cc2ccc(-c3cc4ccccc4n(C)c3=O)c3c2CCCO3)C(=O)OC)c(F)c1)C(F)(F)F. The standard InChI is InChI=1S/C34H32F5N3O5/c1-4-28(34(37,38)39)40-20-16-24(35)29(25(36)17-20)31(43)41-26(33(45)46-3)15-18-11-12-22(30-21(18)9-7-13-47-30)23-14-19-8-5-6-10-27(19)42(2)32(23)44/h5-6,8,10-12,14,16-17,26,28,40H,4,7,9,13,15H2,1-3H3,(H,41,43)/t26-,28+/m0/s1. The van der Waals surface area contributed by atoms with Crippen molar-refractivity contribution in [2.75, 3.05) is 19.0 Å². The molecule has 1 amide bonds. The van der Waals surface area contributed by atoms with Crippen molar-refractivity contribution in [2.45, 2.75) is 50.9 Å². The third-order valence-corrected chi connectivity index (χ3v) is 8.23. The van der Waals surface area contributed by atoms with Gasteiger partial charge in [-0.3, -0.25) is 9.59 Å². The van der Waals surface area contributed by atoms with E-state index in [1.54, 1.807) is 29.8 Å². The molecule has 0 fully saturated rings. The Hall–Kier alpha value is -4.94. The van der Waals surface area contributed by atoms with Gasteiger partial charge in [0.05, 0.1) is 24.8 Å². The monoisotopic (exact) mass is 657 g/mol. The number of carbonyl (C=O) groups excluding carboxylic acids is 2. The highest BCUT2D eigenvalue weighted by Crippen LogP contribution is 2.38. The molecule has 47 heavy (non-hydrogen) atoms. The molecule has 0 bridgehead atoms. The van der Waals surface area contributed by atoms with Crippen molar-refractivity contribution >= 4 is 28.5 Å². The molecule has 2 heterocycles. The average Bonchev–Trinajstić information content (AvgIpc) is 3.04. The van der Waals surface area contributed by atoms with Gasteiger partial charge in [-0.25, -0.2) is 13.6 Å². The zero-order chi connectivity index (χ0) is 34.0. The fourth-order valence-corrected chi connectivity index (χ4v) is 5.83. The Bertz CT molecular complexity index is 1880. The number of para-hydroxylation sites is 1. The van der Waals surface area contributed by atoms with Crippen molar-refractivity contribution in [1.29, 1.82) is 0 Å². The van der Waals surface area contributed by atoms with Crippen LogP contribution in [0.15, 0.2) is 59.4 Å². The van der Waals surface area contributed by atoms with Crippen LogP contribution in [0.25, 0.3) is 22.0 Å².